The average molecular weight is 431 g/mol. The number of hydrogen-bond donors (Lipinski definition) is 1. The molecule has 0 amide bonds. The number of aromatic nitrogens is 2. The predicted octanol–water partition coefficient (Wildman–Crippen LogP) is 5.74. The van der Waals surface area contributed by atoms with Gasteiger partial charge in [0.1, 0.15) is 11.6 Å². The molecule has 162 valence electrons. The number of hydrogen-bond acceptors (Lipinski definition) is 4. The molecule has 0 spiro atoms. The average Bonchev–Trinajstić information content (AvgIpc) is 3.25. The summed E-state index contributed by atoms with van der Waals surface area (Å²) in [6, 6.07) is 8.01. The van der Waals surface area contributed by atoms with Crippen LogP contribution in [0, 0.1) is 29.0 Å². The Hall–Kier alpha value is -1.72. The van der Waals surface area contributed by atoms with Crippen molar-refractivity contribution in [2.45, 2.75) is 40.0 Å². The molecule has 0 radical (unpaired) electrons. The molecule has 6 heteroatoms. The highest BCUT2D eigenvalue weighted by Gasteiger charge is 2.40. The largest absolute Gasteiger partial charge is 0.368 e. The maximum absolute atomic E-state index is 13.5. The number of likely N-dealkylation sites (tertiary alicyclic amines) is 1. The van der Waals surface area contributed by atoms with Crippen LogP contribution in [0.4, 0.5) is 10.2 Å². The SMILES string of the molecule is CC(C)(C)CCN1C[C@H]2CC(CNc3ccc(-c4cc(F)ccc4Cl)nn3)C[C@H]2C1. The molecule has 1 aromatic carbocycles. The van der Waals surface area contributed by atoms with Gasteiger partial charge in [-0.2, -0.15) is 0 Å². The van der Waals surface area contributed by atoms with Gasteiger partial charge in [0.15, 0.2) is 0 Å². The molecular formula is C24H32ClFN4. The van der Waals surface area contributed by atoms with Crippen molar-refractivity contribution in [1.29, 1.82) is 0 Å². The van der Waals surface area contributed by atoms with E-state index in [4.69, 9.17) is 11.6 Å². The molecule has 1 aliphatic carbocycles. The van der Waals surface area contributed by atoms with Gasteiger partial charge >= 0.3 is 0 Å². The molecule has 2 aliphatic rings. The summed E-state index contributed by atoms with van der Waals surface area (Å²) in [6.45, 7) is 11.7. The van der Waals surface area contributed by atoms with Gasteiger partial charge in [0, 0.05) is 25.2 Å². The number of anilines is 1. The van der Waals surface area contributed by atoms with Crippen LogP contribution in [0.5, 0.6) is 0 Å². The van der Waals surface area contributed by atoms with Gasteiger partial charge < -0.3 is 10.2 Å². The third-order valence-corrected chi connectivity index (χ3v) is 6.87. The summed E-state index contributed by atoms with van der Waals surface area (Å²) < 4.78 is 13.5. The zero-order valence-electron chi connectivity index (χ0n) is 18.2. The van der Waals surface area contributed by atoms with Crippen LogP contribution in [0.25, 0.3) is 11.3 Å². The van der Waals surface area contributed by atoms with Gasteiger partial charge in [-0.1, -0.05) is 32.4 Å². The summed E-state index contributed by atoms with van der Waals surface area (Å²) in [5.74, 6) is 2.82. The molecule has 1 saturated heterocycles. The van der Waals surface area contributed by atoms with E-state index in [0.717, 1.165) is 24.2 Å². The second kappa shape index (κ2) is 8.80. The molecule has 3 atom stereocenters. The first-order valence-corrected chi connectivity index (χ1v) is 11.4. The fourth-order valence-corrected chi connectivity index (χ4v) is 5.09. The lowest BCUT2D eigenvalue weighted by Gasteiger charge is -2.24. The van der Waals surface area contributed by atoms with E-state index in [0.29, 0.717) is 27.6 Å². The zero-order valence-corrected chi connectivity index (χ0v) is 18.9. The van der Waals surface area contributed by atoms with Crippen molar-refractivity contribution in [1.82, 2.24) is 15.1 Å². The lowest BCUT2D eigenvalue weighted by Crippen LogP contribution is -2.27. The molecule has 1 aromatic heterocycles. The fraction of sp³-hybridized carbons (Fsp3) is 0.583. The van der Waals surface area contributed by atoms with Crippen LogP contribution in [0.2, 0.25) is 5.02 Å². The molecule has 1 saturated carbocycles. The lowest BCUT2D eigenvalue weighted by atomic mass is 9.92. The second-order valence-corrected chi connectivity index (χ2v) is 10.6. The maximum Gasteiger partial charge on any atom is 0.148 e. The topological polar surface area (TPSA) is 41.0 Å². The Labute approximate surface area is 184 Å². The van der Waals surface area contributed by atoms with E-state index in [2.05, 4.69) is 41.2 Å². The number of rotatable bonds is 6. The lowest BCUT2D eigenvalue weighted by molar-refractivity contribution is 0.246. The molecule has 2 aromatic rings. The highest BCUT2D eigenvalue weighted by Crippen LogP contribution is 2.41. The Bertz CT molecular complexity index is 850. The van der Waals surface area contributed by atoms with Crippen molar-refractivity contribution in [2.75, 3.05) is 31.5 Å². The summed E-state index contributed by atoms with van der Waals surface area (Å²) >= 11 is 6.16. The number of benzene rings is 1. The van der Waals surface area contributed by atoms with Gasteiger partial charge in [-0.15, -0.1) is 10.2 Å². The van der Waals surface area contributed by atoms with Gasteiger partial charge in [0.25, 0.3) is 0 Å². The van der Waals surface area contributed by atoms with Gasteiger partial charge in [-0.25, -0.2) is 4.39 Å². The number of nitrogens with zero attached hydrogens (tertiary/aromatic N) is 3. The Morgan fingerprint density at radius 2 is 1.83 bits per heavy atom. The van der Waals surface area contributed by atoms with Crippen LogP contribution >= 0.6 is 11.6 Å². The van der Waals surface area contributed by atoms with Crippen molar-refractivity contribution >= 4 is 17.4 Å². The molecule has 4 nitrogen and oxygen atoms in total. The minimum absolute atomic E-state index is 0.331. The van der Waals surface area contributed by atoms with Crippen molar-refractivity contribution in [3.05, 3.63) is 41.2 Å². The van der Waals surface area contributed by atoms with Crippen LogP contribution in [-0.2, 0) is 0 Å². The minimum Gasteiger partial charge on any atom is -0.368 e. The summed E-state index contributed by atoms with van der Waals surface area (Å²) in [5.41, 5.74) is 1.56. The minimum atomic E-state index is -0.331. The van der Waals surface area contributed by atoms with Crippen molar-refractivity contribution in [2.24, 2.45) is 23.2 Å². The standard InChI is InChI=1S/C24H32ClFN4/c1-24(2,3)8-9-30-14-17-10-16(11-18(17)15-30)13-27-23-7-6-22(28-29-23)20-12-19(26)4-5-21(20)25/h4-7,12,16-18H,8-11,13-15H2,1-3H3,(H,27,29)/t16?,17-,18+. The monoisotopic (exact) mass is 430 g/mol. The number of halogens is 2. The molecule has 1 unspecified atom stereocenters. The van der Waals surface area contributed by atoms with Crippen LogP contribution < -0.4 is 5.32 Å². The van der Waals surface area contributed by atoms with Crippen molar-refractivity contribution in [3.63, 3.8) is 0 Å². The summed E-state index contributed by atoms with van der Waals surface area (Å²) in [5, 5.41) is 12.4. The first-order valence-electron chi connectivity index (χ1n) is 11.0. The molecule has 0 bridgehead atoms. The Morgan fingerprint density at radius 3 is 2.47 bits per heavy atom. The quantitative estimate of drug-likeness (QED) is 0.634. The normalized spacial score (nSPS) is 24.2. The van der Waals surface area contributed by atoms with Gasteiger partial charge in [-0.05, 0) is 79.3 Å². The zero-order chi connectivity index (χ0) is 21.3. The summed E-state index contributed by atoms with van der Waals surface area (Å²) in [6.07, 6.45) is 3.87. The Morgan fingerprint density at radius 1 is 1.10 bits per heavy atom. The fourth-order valence-electron chi connectivity index (χ4n) is 4.88. The van der Waals surface area contributed by atoms with Crippen molar-refractivity contribution < 1.29 is 4.39 Å². The third-order valence-electron chi connectivity index (χ3n) is 6.54. The third kappa shape index (κ3) is 5.30. The van der Waals surface area contributed by atoms with Gasteiger partial charge in [0.2, 0.25) is 0 Å². The van der Waals surface area contributed by atoms with E-state index in [-0.39, 0.29) is 5.82 Å². The molecule has 1 aliphatic heterocycles. The molecule has 1 N–H and O–H groups in total. The molecule has 2 heterocycles. The van der Waals surface area contributed by atoms with Crippen LogP contribution in [0.3, 0.4) is 0 Å². The molecular weight excluding hydrogens is 399 g/mol. The van der Waals surface area contributed by atoms with Crippen molar-refractivity contribution in [3.8, 4) is 11.3 Å². The highest BCUT2D eigenvalue weighted by molar-refractivity contribution is 6.33. The van der Waals surface area contributed by atoms with E-state index >= 15 is 0 Å². The maximum atomic E-state index is 13.5. The molecule has 2 fully saturated rings. The molecule has 30 heavy (non-hydrogen) atoms. The molecule has 4 rings (SSSR count). The van der Waals surface area contributed by atoms with E-state index < -0.39 is 0 Å². The van der Waals surface area contributed by atoms with E-state index in [9.17, 15) is 4.39 Å². The van der Waals surface area contributed by atoms with E-state index in [1.165, 1.54) is 51.0 Å². The van der Waals surface area contributed by atoms with E-state index in [1.807, 2.05) is 12.1 Å². The first kappa shape index (κ1) is 21.5. The smallest absolute Gasteiger partial charge is 0.148 e. The highest BCUT2D eigenvalue weighted by atomic mass is 35.5. The first-order chi connectivity index (χ1) is 14.3. The van der Waals surface area contributed by atoms with E-state index in [1.54, 1.807) is 6.07 Å². The summed E-state index contributed by atoms with van der Waals surface area (Å²) in [4.78, 5) is 2.67. The number of nitrogens with one attached hydrogen (secondary N) is 1. The van der Waals surface area contributed by atoms with Gasteiger partial charge in [-0.3, -0.25) is 0 Å². The summed E-state index contributed by atoms with van der Waals surface area (Å²) in [7, 11) is 0. The van der Waals surface area contributed by atoms with Crippen LogP contribution in [-0.4, -0.2) is 41.3 Å². The second-order valence-electron chi connectivity index (χ2n) is 10.2. The Balaban J connectivity index is 1.25. The van der Waals surface area contributed by atoms with Crippen LogP contribution in [0.15, 0.2) is 30.3 Å². The predicted molar refractivity (Wildman–Crippen MR) is 121 cm³/mol. The van der Waals surface area contributed by atoms with Crippen LogP contribution in [0.1, 0.15) is 40.0 Å². The number of fused-ring (bicyclic) bond motifs is 1. The Kier molecular flexibility index (Phi) is 6.31. The van der Waals surface area contributed by atoms with Gasteiger partial charge in [0.05, 0.1) is 10.7 Å².